The minimum atomic E-state index is -5.60. The third-order valence-corrected chi connectivity index (χ3v) is 16.8. The van der Waals surface area contributed by atoms with E-state index in [1.165, 1.54) is 0 Å². The molecule has 1 atom stereocenters. The zero-order valence-corrected chi connectivity index (χ0v) is 51.4. The minimum Gasteiger partial charge on any atom is -0.344 e. The van der Waals surface area contributed by atoms with E-state index in [1.54, 1.807) is 0 Å². The fraction of sp³-hybridized carbons (Fsp3) is 0.125. The van der Waals surface area contributed by atoms with Gasteiger partial charge in [0.1, 0.15) is 34.6 Å². The smallest absolute Gasteiger partial charge is 0.344 e. The quantitative estimate of drug-likeness (QED) is 0.130. The Morgan fingerprint density at radius 2 is 0.500 bits per heavy atom. The number of fused-ring (bicyclic) bond motifs is 7. The monoisotopic (exact) mass is 1470 g/mol. The largest absolute Gasteiger partial charge is 0.417 e. The number of rotatable bonds is 8. The van der Waals surface area contributed by atoms with Crippen LogP contribution < -0.4 is 16.3 Å². The van der Waals surface area contributed by atoms with Crippen molar-refractivity contribution < 1.29 is 105 Å². The molecule has 0 spiro atoms. The second-order valence-corrected chi connectivity index (χ2v) is 23.1. The van der Waals surface area contributed by atoms with Gasteiger partial charge < -0.3 is 15.3 Å². The average Bonchev–Trinajstić information content (AvgIpc) is 1.56. The molecule has 532 valence electrons. The van der Waals surface area contributed by atoms with Crippen molar-refractivity contribution in [3.8, 4) is 44.5 Å². The zero-order chi connectivity index (χ0) is 74.8. The van der Waals surface area contributed by atoms with Crippen LogP contribution in [0.25, 0.3) is 66.8 Å². The molecule has 3 aliphatic heterocycles. The second kappa shape index (κ2) is 25.2. The number of hydrogen-bond acceptors (Lipinski definition) is 6. The summed E-state index contributed by atoms with van der Waals surface area (Å²) in [6.07, 6.45) is -47.4. The van der Waals surface area contributed by atoms with Crippen LogP contribution in [0.1, 0.15) is 66.8 Å². The molecule has 104 heavy (non-hydrogen) atoms. The highest BCUT2D eigenvalue weighted by molar-refractivity contribution is 6.50. The third kappa shape index (κ3) is 13.0. The van der Waals surface area contributed by atoms with E-state index in [0.717, 1.165) is 97.1 Å². The Hall–Kier alpha value is -11.5. The van der Waals surface area contributed by atoms with Crippen LogP contribution in [0, 0.1) is 0 Å². The standard InChI is InChI=1S/C72H36F24N8/c73-65(74,75)41-25-9-1-17-33(41)49-50(34-18-2-10-26-42(34)66(76,77)78)58-97-57(49)101-59-51(35-19-3-11-27-43(35)67(79,80)81)52(36-20-4-12-28-44(36)68(82,83)84)61(98-59)103-63-55(39-23-7-15-31-47(39)71(91,92)93)56(40-24-8-16-32-48(40)72(94,95)96)64(100-63)104-62-54(38-22-6-14-30-46(38)70(88,89)90)53(60(99-62)102-58)37-21-5-13-29-45(37)69(85,86)87/h1-32,57,99H,(H,97,102)(H,98,100,101,103,104). The number of aromatic amines is 2. The topological polar surface area (TPSA) is 105 Å². The summed E-state index contributed by atoms with van der Waals surface area (Å²) in [5, 5.41) is 2.51. The van der Waals surface area contributed by atoms with Crippen LogP contribution in [0.3, 0.4) is 0 Å². The first-order valence-corrected chi connectivity index (χ1v) is 30.0. The molecule has 0 radical (unpaired) electrons. The molecule has 5 heterocycles. The van der Waals surface area contributed by atoms with Gasteiger partial charge in [0.05, 0.1) is 44.5 Å². The van der Waals surface area contributed by atoms with E-state index in [-0.39, 0.29) is 0 Å². The Balaban J connectivity index is 1.37. The summed E-state index contributed by atoms with van der Waals surface area (Å²) in [5.74, 6) is -6.63. The maximum Gasteiger partial charge on any atom is 0.417 e. The van der Waals surface area contributed by atoms with Crippen molar-refractivity contribution in [3.63, 3.8) is 0 Å². The van der Waals surface area contributed by atoms with E-state index in [2.05, 4.69) is 40.2 Å². The van der Waals surface area contributed by atoms with Crippen LogP contribution in [0.4, 0.5) is 117 Å². The SMILES string of the molecule is FC(F)(F)c1ccccc1C1=C(c2ccccc2C(F)(F)F)/C2=N/c3[nH]c(c(-c4ccccc4C(F)(F)F)c3-c3ccccc3C(F)(F)F)/N=C3\NC(/N=c4\[nH]c(c(-c5ccccc5C(F)(F)F)c4-c4ccccc4C(F)(F)F)=NC1=N2)C(c1ccccc1C(F)(F)F)=C3c1ccccc1C(F)(F)F. The Kier molecular flexibility index (Phi) is 17.2. The first-order valence-electron chi connectivity index (χ1n) is 30.0. The maximum atomic E-state index is 15.9. The molecule has 13 rings (SSSR count). The molecule has 3 N–H and O–H groups in total. The number of H-pyrrole nitrogens is 2. The Labute approximate surface area is 567 Å². The summed E-state index contributed by atoms with van der Waals surface area (Å²) >= 11 is 0. The highest BCUT2D eigenvalue weighted by atomic mass is 19.4. The summed E-state index contributed by atoms with van der Waals surface area (Å²) in [5.41, 5.74) is -36.0. The molecule has 0 amide bonds. The average molecular weight is 1470 g/mol. The fourth-order valence-electron chi connectivity index (χ4n) is 12.8. The van der Waals surface area contributed by atoms with Crippen LogP contribution in [0.2, 0.25) is 0 Å². The molecular weight excluding hydrogens is 1430 g/mol. The van der Waals surface area contributed by atoms with Gasteiger partial charge >= 0.3 is 49.4 Å². The molecule has 32 heteroatoms. The van der Waals surface area contributed by atoms with Crippen LogP contribution in [-0.4, -0.2) is 33.6 Å². The molecule has 8 aromatic carbocycles. The van der Waals surface area contributed by atoms with Crippen molar-refractivity contribution in [2.75, 3.05) is 0 Å². The third-order valence-electron chi connectivity index (χ3n) is 16.8. The molecule has 8 bridgehead atoms. The van der Waals surface area contributed by atoms with Gasteiger partial charge in [0, 0.05) is 44.5 Å². The van der Waals surface area contributed by atoms with Gasteiger partial charge in [0.15, 0.2) is 11.7 Å². The second-order valence-electron chi connectivity index (χ2n) is 23.1. The first-order chi connectivity index (χ1) is 48.7. The number of halogens is 24. The van der Waals surface area contributed by atoms with Crippen molar-refractivity contribution in [2.45, 2.75) is 55.6 Å². The van der Waals surface area contributed by atoms with Gasteiger partial charge in [-0.1, -0.05) is 146 Å². The van der Waals surface area contributed by atoms with E-state index in [1.807, 2.05) is 0 Å². The van der Waals surface area contributed by atoms with E-state index < -0.39 is 229 Å². The van der Waals surface area contributed by atoms with Crippen LogP contribution in [0.5, 0.6) is 0 Å². The maximum absolute atomic E-state index is 15.9. The zero-order valence-electron chi connectivity index (χ0n) is 51.4. The molecule has 8 nitrogen and oxygen atoms in total. The van der Waals surface area contributed by atoms with E-state index >= 15 is 105 Å². The molecule has 3 aliphatic rings. The lowest BCUT2D eigenvalue weighted by Gasteiger charge is -2.19. The predicted octanol–water partition coefficient (Wildman–Crippen LogP) is 21.7. The molecular formula is C72H36F24N8. The molecule has 0 saturated heterocycles. The van der Waals surface area contributed by atoms with Crippen LogP contribution >= 0.6 is 0 Å². The molecule has 0 saturated carbocycles. The summed E-state index contributed by atoms with van der Waals surface area (Å²) in [6.45, 7) is 0. The molecule has 0 fully saturated rings. The number of amidine groups is 3. The number of hydrogen-bond donors (Lipinski definition) is 3. The molecule has 2 aromatic heterocycles. The lowest BCUT2D eigenvalue weighted by molar-refractivity contribution is -0.138. The first kappa shape index (κ1) is 70.9. The van der Waals surface area contributed by atoms with Gasteiger partial charge in [-0.15, -0.1) is 0 Å². The lowest BCUT2D eigenvalue weighted by atomic mass is 9.89. The van der Waals surface area contributed by atoms with Gasteiger partial charge in [-0.05, 0) is 93.0 Å². The summed E-state index contributed by atoms with van der Waals surface area (Å²) < 4.78 is 380. The Bertz CT molecular complexity index is 5370. The van der Waals surface area contributed by atoms with Crippen molar-refractivity contribution in [1.29, 1.82) is 0 Å². The van der Waals surface area contributed by atoms with Crippen LogP contribution in [-0.2, 0) is 49.4 Å². The summed E-state index contributed by atoms with van der Waals surface area (Å²) in [4.78, 5) is 27.1. The van der Waals surface area contributed by atoms with E-state index in [4.69, 9.17) is 0 Å². The van der Waals surface area contributed by atoms with Crippen molar-refractivity contribution in [3.05, 3.63) is 272 Å². The molecule has 10 aromatic rings. The van der Waals surface area contributed by atoms with Crippen molar-refractivity contribution in [1.82, 2.24) is 15.3 Å². The number of aliphatic imine (C=N–C) groups is 3. The number of alkyl halides is 24. The Morgan fingerprint density at radius 1 is 0.240 bits per heavy atom. The summed E-state index contributed by atoms with van der Waals surface area (Å²) in [6, 6.07) is 21.6. The Morgan fingerprint density at radius 3 is 0.846 bits per heavy atom. The number of nitrogens with zero attached hydrogens (tertiary/aromatic N) is 5. The fourth-order valence-corrected chi connectivity index (χ4v) is 12.8. The lowest BCUT2D eigenvalue weighted by Crippen LogP contribution is -2.30. The van der Waals surface area contributed by atoms with Crippen molar-refractivity contribution >= 4 is 51.4 Å². The number of aromatic nitrogens is 2. The van der Waals surface area contributed by atoms with Gasteiger partial charge in [0.25, 0.3) is 0 Å². The number of benzene rings is 8. The van der Waals surface area contributed by atoms with Crippen LogP contribution in [0.15, 0.2) is 219 Å². The highest BCUT2D eigenvalue weighted by Gasteiger charge is 2.48. The highest BCUT2D eigenvalue weighted by Crippen LogP contribution is 2.55. The van der Waals surface area contributed by atoms with Crippen molar-refractivity contribution in [2.24, 2.45) is 25.0 Å². The van der Waals surface area contributed by atoms with Gasteiger partial charge in [-0.3, -0.25) is 0 Å². The van der Waals surface area contributed by atoms with E-state index in [0.29, 0.717) is 97.1 Å². The van der Waals surface area contributed by atoms with Gasteiger partial charge in [-0.2, -0.15) is 105 Å². The van der Waals surface area contributed by atoms with Gasteiger partial charge in [0.2, 0.25) is 0 Å². The minimum absolute atomic E-state index is 0.374. The molecule has 0 aliphatic carbocycles. The predicted molar refractivity (Wildman–Crippen MR) is 334 cm³/mol. The van der Waals surface area contributed by atoms with E-state index in [9.17, 15) is 0 Å². The normalized spacial score (nSPS) is 16.9. The summed E-state index contributed by atoms with van der Waals surface area (Å²) in [7, 11) is 0. The molecule has 1 unspecified atom stereocenters. The van der Waals surface area contributed by atoms with Gasteiger partial charge in [-0.25, -0.2) is 25.0 Å². The number of nitrogens with one attached hydrogen (secondary N) is 3.